The van der Waals surface area contributed by atoms with Gasteiger partial charge in [-0.05, 0) is 74.7 Å². The van der Waals surface area contributed by atoms with E-state index in [4.69, 9.17) is 4.74 Å². The van der Waals surface area contributed by atoms with Crippen LogP contribution in [0.5, 0.6) is 0 Å². The summed E-state index contributed by atoms with van der Waals surface area (Å²) in [6.07, 6.45) is 2.26. The smallest absolute Gasteiger partial charge is 0.340 e. The molecule has 1 aromatic heterocycles. The summed E-state index contributed by atoms with van der Waals surface area (Å²) < 4.78 is 6.09. The molecule has 1 saturated heterocycles. The number of aliphatic hydroxyl groups is 1. The van der Waals surface area contributed by atoms with Crippen molar-refractivity contribution < 1.29 is 14.6 Å². The Hall–Kier alpha value is -1.14. The molecular weight excluding hydrogens is 384 g/mol. The molecule has 25 heavy (non-hydrogen) atoms. The number of ether oxygens (including phenoxy) is 1. The van der Waals surface area contributed by atoms with Crippen LogP contribution in [0.3, 0.4) is 0 Å². The van der Waals surface area contributed by atoms with Crippen molar-refractivity contribution in [2.75, 3.05) is 18.0 Å². The number of anilines is 1. The van der Waals surface area contributed by atoms with E-state index in [1.807, 2.05) is 13.8 Å². The number of rotatable bonds is 5. The Morgan fingerprint density at radius 3 is 2.52 bits per heavy atom. The molecule has 2 unspecified atom stereocenters. The SMILES string of the molecule is Cc1nc(C)c(C(O)C(=O)OC(C)C)c(N2CCC(C3CC3)C2)c1Br. The summed E-state index contributed by atoms with van der Waals surface area (Å²) in [5.74, 6) is 0.954. The molecule has 1 aliphatic carbocycles. The summed E-state index contributed by atoms with van der Waals surface area (Å²) in [6, 6.07) is 0. The quantitative estimate of drug-likeness (QED) is 0.749. The Bertz CT molecular complexity index is 673. The predicted molar refractivity (Wildman–Crippen MR) is 101 cm³/mol. The normalized spacial score (nSPS) is 21.7. The second-order valence-corrected chi connectivity index (χ2v) is 8.37. The average Bonchev–Trinajstić information content (AvgIpc) is 3.27. The number of hydrogen-bond donors (Lipinski definition) is 1. The Labute approximate surface area is 157 Å². The van der Waals surface area contributed by atoms with E-state index in [1.54, 1.807) is 13.8 Å². The van der Waals surface area contributed by atoms with Crippen LogP contribution in [0.15, 0.2) is 4.47 Å². The lowest BCUT2D eigenvalue weighted by Crippen LogP contribution is -2.27. The fraction of sp³-hybridized carbons (Fsp3) is 0.684. The van der Waals surface area contributed by atoms with Gasteiger partial charge in [-0.1, -0.05) is 0 Å². The minimum Gasteiger partial charge on any atom is -0.461 e. The molecule has 0 aromatic carbocycles. The number of pyridine rings is 1. The first-order valence-corrected chi connectivity index (χ1v) is 9.89. The number of carbonyl (C=O) groups is 1. The Kier molecular flexibility index (Phi) is 5.40. The molecule has 3 rings (SSSR count). The van der Waals surface area contributed by atoms with Gasteiger partial charge in [0.25, 0.3) is 0 Å². The number of nitrogens with zero attached hydrogens (tertiary/aromatic N) is 2. The zero-order valence-corrected chi connectivity index (χ0v) is 17.0. The molecule has 138 valence electrons. The zero-order valence-electron chi connectivity index (χ0n) is 15.4. The van der Waals surface area contributed by atoms with Gasteiger partial charge in [-0.3, -0.25) is 4.98 Å². The summed E-state index contributed by atoms with van der Waals surface area (Å²) >= 11 is 3.65. The second kappa shape index (κ2) is 7.23. The van der Waals surface area contributed by atoms with E-state index in [9.17, 15) is 9.90 Å². The molecular formula is C19H27BrN2O3. The van der Waals surface area contributed by atoms with Gasteiger partial charge in [0.1, 0.15) is 0 Å². The standard InChI is InChI=1S/C19H27BrN2O3/c1-10(2)25-19(24)18(23)15-11(3)21-12(4)16(20)17(15)22-8-7-14(9-22)13-5-6-13/h10,13-14,18,23H,5-9H2,1-4H3. The van der Waals surface area contributed by atoms with Crippen molar-refractivity contribution in [1.82, 2.24) is 4.98 Å². The number of hydrogen-bond acceptors (Lipinski definition) is 5. The maximum Gasteiger partial charge on any atom is 0.340 e. The number of aryl methyl sites for hydroxylation is 2. The number of aromatic nitrogens is 1. The number of aliphatic hydroxyl groups excluding tert-OH is 1. The third kappa shape index (κ3) is 3.85. The van der Waals surface area contributed by atoms with E-state index in [2.05, 4.69) is 25.8 Å². The lowest BCUT2D eigenvalue weighted by atomic mass is 10.0. The van der Waals surface area contributed by atoms with E-state index in [1.165, 1.54) is 19.3 Å². The van der Waals surface area contributed by atoms with Crippen molar-refractivity contribution in [2.24, 2.45) is 11.8 Å². The Morgan fingerprint density at radius 1 is 1.24 bits per heavy atom. The monoisotopic (exact) mass is 410 g/mol. The second-order valence-electron chi connectivity index (χ2n) is 7.58. The molecule has 2 heterocycles. The molecule has 2 atom stereocenters. The first kappa shape index (κ1) is 18.6. The molecule has 0 radical (unpaired) electrons. The van der Waals surface area contributed by atoms with Crippen molar-refractivity contribution >= 4 is 27.6 Å². The maximum atomic E-state index is 12.3. The molecule has 6 heteroatoms. The highest BCUT2D eigenvalue weighted by atomic mass is 79.9. The summed E-state index contributed by atoms with van der Waals surface area (Å²) in [7, 11) is 0. The molecule has 5 nitrogen and oxygen atoms in total. The predicted octanol–water partition coefficient (Wildman–Crippen LogP) is 3.68. The minimum absolute atomic E-state index is 0.265. The Morgan fingerprint density at radius 2 is 1.92 bits per heavy atom. The highest BCUT2D eigenvalue weighted by Gasteiger charge is 2.38. The first-order chi connectivity index (χ1) is 11.8. The highest BCUT2D eigenvalue weighted by molar-refractivity contribution is 9.10. The first-order valence-electron chi connectivity index (χ1n) is 9.09. The van der Waals surface area contributed by atoms with Crippen LogP contribution in [0.4, 0.5) is 5.69 Å². The van der Waals surface area contributed by atoms with Crippen molar-refractivity contribution in [3.05, 3.63) is 21.4 Å². The zero-order chi connectivity index (χ0) is 18.3. The molecule has 0 spiro atoms. The van der Waals surface area contributed by atoms with E-state index in [-0.39, 0.29) is 6.10 Å². The molecule has 2 aliphatic rings. The van der Waals surface area contributed by atoms with Crippen LogP contribution in [-0.2, 0) is 9.53 Å². The molecule has 1 aliphatic heterocycles. The van der Waals surface area contributed by atoms with E-state index in [0.29, 0.717) is 17.2 Å². The minimum atomic E-state index is -1.32. The van der Waals surface area contributed by atoms with Crippen LogP contribution in [0.25, 0.3) is 0 Å². The number of esters is 1. The lowest BCUT2D eigenvalue weighted by molar-refractivity contribution is -0.157. The fourth-order valence-electron chi connectivity index (χ4n) is 3.82. The number of carbonyl (C=O) groups excluding carboxylic acids is 1. The van der Waals surface area contributed by atoms with Gasteiger partial charge in [0.15, 0.2) is 6.10 Å². The summed E-state index contributed by atoms with van der Waals surface area (Å²) in [6.45, 7) is 9.27. The molecule has 2 fully saturated rings. The Balaban J connectivity index is 1.96. The van der Waals surface area contributed by atoms with Crippen molar-refractivity contribution in [3.63, 3.8) is 0 Å². The van der Waals surface area contributed by atoms with Gasteiger partial charge in [0, 0.05) is 24.3 Å². The van der Waals surface area contributed by atoms with Crippen LogP contribution in [0, 0.1) is 25.7 Å². The summed E-state index contributed by atoms with van der Waals surface area (Å²) in [4.78, 5) is 19.1. The van der Waals surface area contributed by atoms with Gasteiger partial charge < -0.3 is 14.7 Å². The van der Waals surface area contributed by atoms with E-state index < -0.39 is 12.1 Å². The topological polar surface area (TPSA) is 62.7 Å². The maximum absolute atomic E-state index is 12.3. The van der Waals surface area contributed by atoms with E-state index >= 15 is 0 Å². The van der Waals surface area contributed by atoms with Crippen LogP contribution < -0.4 is 4.90 Å². The van der Waals surface area contributed by atoms with Gasteiger partial charge in [-0.25, -0.2) is 4.79 Å². The molecule has 1 aromatic rings. The summed E-state index contributed by atoms with van der Waals surface area (Å²) in [5, 5.41) is 10.7. The van der Waals surface area contributed by atoms with Crippen LogP contribution in [0.1, 0.15) is 56.2 Å². The van der Waals surface area contributed by atoms with Crippen molar-refractivity contribution in [2.45, 2.75) is 59.2 Å². The van der Waals surface area contributed by atoms with Gasteiger partial charge in [-0.15, -0.1) is 0 Å². The molecule has 1 N–H and O–H groups in total. The van der Waals surface area contributed by atoms with Crippen molar-refractivity contribution in [3.8, 4) is 0 Å². The third-order valence-corrected chi connectivity index (χ3v) is 6.13. The highest BCUT2D eigenvalue weighted by Crippen LogP contribution is 2.45. The largest absolute Gasteiger partial charge is 0.461 e. The third-order valence-electron chi connectivity index (χ3n) is 5.18. The van der Waals surface area contributed by atoms with Gasteiger partial charge in [0.05, 0.1) is 22.0 Å². The average molecular weight is 411 g/mol. The van der Waals surface area contributed by atoms with Gasteiger partial charge >= 0.3 is 5.97 Å². The molecule has 1 saturated carbocycles. The lowest BCUT2D eigenvalue weighted by Gasteiger charge is -2.27. The van der Waals surface area contributed by atoms with Crippen LogP contribution in [-0.4, -0.2) is 35.3 Å². The van der Waals surface area contributed by atoms with Crippen LogP contribution >= 0.6 is 15.9 Å². The molecule has 0 bridgehead atoms. The van der Waals surface area contributed by atoms with Gasteiger partial charge in [0.2, 0.25) is 0 Å². The molecule has 0 amide bonds. The fourth-order valence-corrected chi connectivity index (χ4v) is 4.37. The van der Waals surface area contributed by atoms with Crippen LogP contribution in [0.2, 0.25) is 0 Å². The van der Waals surface area contributed by atoms with Gasteiger partial charge in [-0.2, -0.15) is 0 Å². The van der Waals surface area contributed by atoms with E-state index in [0.717, 1.165) is 34.9 Å². The number of halogens is 1. The summed E-state index contributed by atoms with van der Waals surface area (Å²) in [5.41, 5.74) is 3.02. The van der Waals surface area contributed by atoms with Crippen molar-refractivity contribution in [1.29, 1.82) is 0 Å².